The van der Waals surface area contributed by atoms with Crippen LogP contribution in [0.2, 0.25) is 0 Å². The molecule has 86 valence electrons. The van der Waals surface area contributed by atoms with E-state index in [1.165, 1.54) is 5.56 Å². The Kier molecular flexibility index (Phi) is 5.12. The Morgan fingerprint density at radius 1 is 1.38 bits per heavy atom. The Balaban J connectivity index is 2.22. The van der Waals surface area contributed by atoms with Gasteiger partial charge in [-0.15, -0.1) is 6.58 Å². The van der Waals surface area contributed by atoms with Crippen molar-refractivity contribution in [1.29, 1.82) is 0 Å². The van der Waals surface area contributed by atoms with Gasteiger partial charge in [-0.1, -0.05) is 18.2 Å². The molecule has 16 heavy (non-hydrogen) atoms. The highest BCUT2D eigenvalue weighted by Gasteiger charge is 1.99. The first-order chi connectivity index (χ1) is 7.72. The summed E-state index contributed by atoms with van der Waals surface area (Å²) in [6.45, 7) is 4.08. The van der Waals surface area contributed by atoms with Crippen LogP contribution in [0.25, 0.3) is 0 Å². The van der Waals surface area contributed by atoms with Crippen LogP contribution >= 0.6 is 0 Å². The molecule has 0 atom stereocenters. The number of nitrogens with one attached hydrogen (secondary N) is 1. The number of nitrogen functional groups attached to an aromatic ring is 1. The zero-order valence-electron chi connectivity index (χ0n) is 9.41. The van der Waals surface area contributed by atoms with Crippen LogP contribution in [0.5, 0.6) is 0 Å². The third kappa shape index (κ3) is 4.64. The second kappa shape index (κ2) is 6.67. The second-order valence-electron chi connectivity index (χ2n) is 3.69. The lowest BCUT2D eigenvalue weighted by Crippen LogP contribution is -2.22. The molecule has 0 spiro atoms. The number of aryl methyl sites for hydroxylation is 1. The van der Waals surface area contributed by atoms with Crippen LogP contribution in [0.4, 0.5) is 5.69 Å². The van der Waals surface area contributed by atoms with Gasteiger partial charge in [-0.2, -0.15) is 0 Å². The molecule has 0 saturated carbocycles. The molecule has 0 aliphatic heterocycles. The average molecular weight is 218 g/mol. The Hall–Kier alpha value is -1.77. The van der Waals surface area contributed by atoms with Crippen molar-refractivity contribution >= 4 is 11.6 Å². The minimum Gasteiger partial charge on any atom is -0.399 e. The lowest BCUT2D eigenvalue weighted by molar-refractivity contribution is -0.120. The molecule has 1 aromatic rings. The summed E-state index contributed by atoms with van der Waals surface area (Å²) in [5.74, 6) is 0.0790. The van der Waals surface area contributed by atoms with Gasteiger partial charge in [-0.05, 0) is 30.5 Å². The van der Waals surface area contributed by atoms with E-state index in [2.05, 4.69) is 11.9 Å². The van der Waals surface area contributed by atoms with E-state index >= 15 is 0 Å². The fourth-order valence-corrected chi connectivity index (χ4v) is 1.41. The van der Waals surface area contributed by atoms with Gasteiger partial charge >= 0.3 is 0 Å². The van der Waals surface area contributed by atoms with Gasteiger partial charge in [0.05, 0.1) is 0 Å². The SMILES string of the molecule is C=CCNC(=O)CCCc1ccc(N)cc1. The minimum absolute atomic E-state index is 0.0790. The highest BCUT2D eigenvalue weighted by Crippen LogP contribution is 2.08. The number of hydrogen-bond acceptors (Lipinski definition) is 2. The van der Waals surface area contributed by atoms with E-state index in [1.54, 1.807) is 6.08 Å². The topological polar surface area (TPSA) is 55.1 Å². The van der Waals surface area contributed by atoms with Crippen molar-refractivity contribution < 1.29 is 4.79 Å². The number of rotatable bonds is 6. The molecular weight excluding hydrogens is 200 g/mol. The summed E-state index contributed by atoms with van der Waals surface area (Å²) < 4.78 is 0. The van der Waals surface area contributed by atoms with Crippen molar-refractivity contribution in [1.82, 2.24) is 5.32 Å². The van der Waals surface area contributed by atoms with Crippen LogP contribution in [0.1, 0.15) is 18.4 Å². The predicted octanol–water partition coefficient (Wildman–Crippen LogP) is 1.89. The third-order valence-corrected chi connectivity index (χ3v) is 2.29. The van der Waals surface area contributed by atoms with Crippen LogP contribution in [-0.4, -0.2) is 12.5 Å². The maximum atomic E-state index is 11.3. The van der Waals surface area contributed by atoms with E-state index in [4.69, 9.17) is 5.73 Å². The summed E-state index contributed by atoms with van der Waals surface area (Å²) in [5.41, 5.74) is 7.57. The lowest BCUT2D eigenvalue weighted by Gasteiger charge is -2.03. The van der Waals surface area contributed by atoms with Crippen molar-refractivity contribution in [3.05, 3.63) is 42.5 Å². The Morgan fingerprint density at radius 3 is 2.69 bits per heavy atom. The normalized spacial score (nSPS) is 9.75. The first kappa shape index (κ1) is 12.3. The van der Waals surface area contributed by atoms with Crippen LogP contribution in [0.3, 0.4) is 0 Å². The van der Waals surface area contributed by atoms with Crippen molar-refractivity contribution in [3.63, 3.8) is 0 Å². The number of anilines is 1. The standard InChI is InChI=1S/C13H18N2O/c1-2-10-15-13(16)5-3-4-11-6-8-12(14)9-7-11/h2,6-9H,1,3-5,10,14H2,(H,15,16). The molecule has 0 bridgehead atoms. The number of carbonyl (C=O) groups excluding carboxylic acids is 1. The summed E-state index contributed by atoms with van der Waals surface area (Å²) in [6, 6.07) is 7.76. The van der Waals surface area contributed by atoms with Gasteiger partial charge in [0, 0.05) is 18.7 Å². The summed E-state index contributed by atoms with van der Waals surface area (Å²) in [7, 11) is 0. The van der Waals surface area contributed by atoms with Gasteiger partial charge in [-0.25, -0.2) is 0 Å². The number of carbonyl (C=O) groups is 1. The second-order valence-corrected chi connectivity index (χ2v) is 3.69. The summed E-state index contributed by atoms with van der Waals surface area (Å²) in [4.78, 5) is 11.3. The molecule has 0 saturated heterocycles. The van der Waals surface area contributed by atoms with E-state index in [9.17, 15) is 4.79 Å². The predicted molar refractivity (Wildman–Crippen MR) is 67.0 cm³/mol. The van der Waals surface area contributed by atoms with Crippen molar-refractivity contribution in [2.24, 2.45) is 0 Å². The van der Waals surface area contributed by atoms with E-state index in [0.29, 0.717) is 13.0 Å². The molecule has 0 aliphatic rings. The highest BCUT2D eigenvalue weighted by atomic mass is 16.1. The summed E-state index contributed by atoms with van der Waals surface area (Å²) in [5, 5.41) is 2.75. The molecule has 0 aliphatic carbocycles. The molecule has 3 nitrogen and oxygen atoms in total. The molecule has 1 rings (SSSR count). The van der Waals surface area contributed by atoms with Crippen LogP contribution < -0.4 is 11.1 Å². The van der Waals surface area contributed by atoms with Gasteiger partial charge < -0.3 is 11.1 Å². The molecular formula is C13H18N2O. The molecule has 0 fully saturated rings. The number of hydrogen-bond donors (Lipinski definition) is 2. The first-order valence-electron chi connectivity index (χ1n) is 5.44. The fraction of sp³-hybridized carbons (Fsp3) is 0.308. The largest absolute Gasteiger partial charge is 0.399 e. The first-order valence-corrected chi connectivity index (χ1v) is 5.44. The van der Waals surface area contributed by atoms with Crippen molar-refractivity contribution in [3.8, 4) is 0 Å². The minimum atomic E-state index is 0.0790. The van der Waals surface area contributed by atoms with Crippen molar-refractivity contribution in [2.75, 3.05) is 12.3 Å². The number of amides is 1. The molecule has 3 N–H and O–H groups in total. The highest BCUT2D eigenvalue weighted by molar-refractivity contribution is 5.75. The Labute approximate surface area is 96.3 Å². The van der Waals surface area contributed by atoms with Crippen molar-refractivity contribution in [2.45, 2.75) is 19.3 Å². The zero-order chi connectivity index (χ0) is 11.8. The van der Waals surface area contributed by atoms with E-state index in [0.717, 1.165) is 18.5 Å². The van der Waals surface area contributed by atoms with E-state index in [1.807, 2.05) is 24.3 Å². The van der Waals surface area contributed by atoms with Gasteiger partial charge in [-0.3, -0.25) is 4.79 Å². The maximum absolute atomic E-state index is 11.3. The lowest BCUT2D eigenvalue weighted by atomic mass is 10.1. The Bertz CT molecular complexity index is 343. The zero-order valence-corrected chi connectivity index (χ0v) is 9.41. The van der Waals surface area contributed by atoms with Gasteiger partial charge in [0.15, 0.2) is 0 Å². The van der Waals surface area contributed by atoms with Gasteiger partial charge in [0.25, 0.3) is 0 Å². The molecule has 0 radical (unpaired) electrons. The fourth-order valence-electron chi connectivity index (χ4n) is 1.41. The molecule has 1 aromatic carbocycles. The van der Waals surface area contributed by atoms with Gasteiger partial charge in [0.2, 0.25) is 5.91 Å². The summed E-state index contributed by atoms with van der Waals surface area (Å²) in [6.07, 6.45) is 3.99. The number of nitrogens with two attached hydrogens (primary N) is 1. The quantitative estimate of drug-likeness (QED) is 0.566. The molecule has 3 heteroatoms. The number of benzene rings is 1. The molecule has 0 heterocycles. The van der Waals surface area contributed by atoms with Gasteiger partial charge in [0.1, 0.15) is 0 Å². The Morgan fingerprint density at radius 2 is 2.06 bits per heavy atom. The van der Waals surface area contributed by atoms with E-state index < -0.39 is 0 Å². The molecule has 0 aromatic heterocycles. The summed E-state index contributed by atoms with van der Waals surface area (Å²) >= 11 is 0. The molecule has 0 unspecified atom stereocenters. The maximum Gasteiger partial charge on any atom is 0.220 e. The van der Waals surface area contributed by atoms with Crippen LogP contribution in [0.15, 0.2) is 36.9 Å². The molecule has 1 amide bonds. The average Bonchev–Trinajstić information content (AvgIpc) is 2.29. The van der Waals surface area contributed by atoms with Crippen LogP contribution in [0, 0.1) is 0 Å². The smallest absolute Gasteiger partial charge is 0.220 e. The van der Waals surface area contributed by atoms with Crippen LogP contribution in [-0.2, 0) is 11.2 Å². The monoisotopic (exact) mass is 218 g/mol. The third-order valence-electron chi connectivity index (χ3n) is 2.29. The van der Waals surface area contributed by atoms with E-state index in [-0.39, 0.29) is 5.91 Å².